The van der Waals surface area contributed by atoms with Gasteiger partial charge in [0.1, 0.15) is 0 Å². The summed E-state index contributed by atoms with van der Waals surface area (Å²) < 4.78 is 10.1. The number of methoxy groups -OCH3 is 2. The molecule has 1 aromatic rings. The molecule has 1 aliphatic heterocycles. The lowest BCUT2D eigenvalue weighted by atomic mass is 9.97. The van der Waals surface area contributed by atoms with Crippen LogP contribution < -0.4 is 20.1 Å². The first-order chi connectivity index (χ1) is 9.13. The highest BCUT2D eigenvalue weighted by Crippen LogP contribution is 2.20. The molecule has 1 aromatic heterocycles. The van der Waals surface area contributed by atoms with E-state index in [-0.39, 0.29) is 17.8 Å². The summed E-state index contributed by atoms with van der Waals surface area (Å²) in [6.07, 6.45) is 0. The van der Waals surface area contributed by atoms with Crippen LogP contribution in [0, 0.1) is 11.8 Å². The third kappa shape index (κ3) is 3.11. The zero-order valence-corrected chi connectivity index (χ0v) is 11.3. The van der Waals surface area contributed by atoms with E-state index in [1.807, 2.05) is 6.92 Å². The molecular weight excluding hydrogens is 248 g/mol. The van der Waals surface area contributed by atoms with Crippen molar-refractivity contribution in [2.24, 2.45) is 11.8 Å². The molecule has 0 aromatic carbocycles. The minimum absolute atomic E-state index is 0.0687. The fourth-order valence-electron chi connectivity index (χ4n) is 2.03. The maximum atomic E-state index is 12.1. The molecule has 0 aliphatic carbocycles. The molecule has 0 bridgehead atoms. The van der Waals surface area contributed by atoms with Crippen LogP contribution in [-0.4, -0.2) is 43.2 Å². The zero-order valence-electron chi connectivity index (χ0n) is 11.3. The van der Waals surface area contributed by atoms with Gasteiger partial charge < -0.3 is 14.8 Å². The zero-order chi connectivity index (χ0) is 13.8. The van der Waals surface area contributed by atoms with Crippen molar-refractivity contribution in [3.8, 4) is 11.8 Å². The Bertz CT molecular complexity index is 444. The van der Waals surface area contributed by atoms with E-state index in [9.17, 15) is 4.79 Å². The average molecular weight is 266 g/mol. The van der Waals surface area contributed by atoms with E-state index in [1.54, 1.807) is 6.07 Å². The lowest BCUT2D eigenvalue weighted by Crippen LogP contribution is -2.28. The van der Waals surface area contributed by atoms with Crippen LogP contribution in [0.2, 0.25) is 0 Å². The molecule has 19 heavy (non-hydrogen) atoms. The third-order valence-electron chi connectivity index (χ3n) is 3.19. The fourth-order valence-corrected chi connectivity index (χ4v) is 2.03. The second-order valence-electron chi connectivity index (χ2n) is 4.51. The number of aromatic nitrogens is 2. The second-order valence-corrected chi connectivity index (χ2v) is 4.51. The van der Waals surface area contributed by atoms with Gasteiger partial charge in [-0.1, -0.05) is 6.92 Å². The Labute approximate surface area is 111 Å². The van der Waals surface area contributed by atoms with Crippen LogP contribution in [-0.2, 0) is 4.79 Å². The van der Waals surface area contributed by atoms with Gasteiger partial charge in [-0.25, -0.2) is 0 Å². The molecule has 0 radical (unpaired) electrons. The summed E-state index contributed by atoms with van der Waals surface area (Å²) in [5.41, 5.74) is 0. The van der Waals surface area contributed by atoms with E-state index in [4.69, 9.17) is 9.47 Å². The Morgan fingerprint density at radius 3 is 2.42 bits per heavy atom. The van der Waals surface area contributed by atoms with Crippen molar-refractivity contribution >= 4 is 11.9 Å². The van der Waals surface area contributed by atoms with Gasteiger partial charge in [0, 0.05) is 6.54 Å². The van der Waals surface area contributed by atoms with E-state index in [1.165, 1.54) is 14.2 Å². The van der Waals surface area contributed by atoms with Gasteiger partial charge in [0.25, 0.3) is 0 Å². The number of carbonyl (C=O) groups is 1. The summed E-state index contributed by atoms with van der Waals surface area (Å²) >= 11 is 0. The molecule has 2 N–H and O–H groups in total. The number of nitrogens with one attached hydrogen (secondary N) is 2. The molecule has 1 saturated heterocycles. The Morgan fingerprint density at radius 1 is 1.32 bits per heavy atom. The molecule has 1 aliphatic rings. The number of nitrogens with zero attached hydrogens (tertiary/aromatic N) is 2. The molecule has 1 amide bonds. The summed E-state index contributed by atoms with van der Waals surface area (Å²) in [5.74, 6) is 1.03. The Kier molecular flexibility index (Phi) is 4.16. The highest BCUT2D eigenvalue weighted by Gasteiger charge is 2.30. The van der Waals surface area contributed by atoms with Crippen molar-refractivity contribution in [1.82, 2.24) is 15.3 Å². The Balaban J connectivity index is 2.11. The van der Waals surface area contributed by atoms with Crippen molar-refractivity contribution in [2.45, 2.75) is 6.92 Å². The second kappa shape index (κ2) is 5.83. The first kappa shape index (κ1) is 13.5. The van der Waals surface area contributed by atoms with Gasteiger partial charge in [0.05, 0.1) is 26.2 Å². The lowest BCUT2D eigenvalue weighted by molar-refractivity contribution is -0.120. The molecule has 7 heteroatoms. The van der Waals surface area contributed by atoms with Gasteiger partial charge in [-0.3, -0.25) is 10.1 Å². The highest BCUT2D eigenvalue weighted by atomic mass is 16.5. The summed E-state index contributed by atoms with van der Waals surface area (Å²) in [6.45, 7) is 3.56. The molecule has 0 unspecified atom stereocenters. The van der Waals surface area contributed by atoms with Crippen LogP contribution in [0.15, 0.2) is 6.07 Å². The normalized spacial score (nSPS) is 22.1. The minimum atomic E-state index is -0.0900. The number of amides is 1. The van der Waals surface area contributed by atoms with Crippen LogP contribution in [0.4, 0.5) is 5.95 Å². The van der Waals surface area contributed by atoms with Gasteiger partial charge in [-0.15, -0.1) is 0 Å². The minimum Gasteiger partial charge on any atom is -0.481 e. The van der Waals surface area contributed by atoms with Crippen molar-refractivity contribution in [2.75, 3.05) is 32.6 Å². The molecule has 7 nitrogen and oxygen atoms in total. The summed E-state index contributed by atoms with van der Waals surface area (Å²) in [4.78, 5) is 20.3. The Morgan fingerprint density at radius 2 is 1.95 bits per heavy atom. The van der Waals surface area contributed by atoms with Crippen LogP contribution in [0.5, 0.6) is 11.8 Å². The smallest absolute Gasteiger partial charge is 0.236 e. The molecule has 2 heterocycles. The van der Waals surface area contributed by atoms with E-state index < -0.39 is 0 Å². The van der Waals surface area contributed by atoms with Gasteiger partial charge in [0.2, 0.25) is 23.6 Å². The SMILES string of the molecule is COc1cc(OC)nc(NC(=O)[C@@H]2CNC[C@H]2C)n1. The molecule has 0 saturated carbocycles. The van der Waals surface area contributed by atoms with Gasteiger partial charge >= 0.3 is 0 Å². The fraction of sp³-hybridized carbons (Fsp3) is 0.583. The van der Waals surface area contributed by atoms with E-state index in [0.29, 0.717) is 24.2 Å². The van der Waals surface area contributed by atoms with Crippen LogP contribution in [0.3, 0.4) is 0 Å². The van der Waals surface area contributed by atoms with E-state index in [2.05, 4.69) is 20.6 Å². The first-order valence-electron chi connectivity index (χ1n) is 6.12. The van der Waals surface area contributed by atoms with E-state index >= 15 is 0 Å². The summed E-state index contributed by atoms with van der Waals surface area (Å²) in [6, 6.07) is 1.55. The average Bonchev–Trinajstić information content (AvgIpc) is 2.84. The van der Waals surface area contributed by atoms with Gasteiger partial charge in [0.15, 0.2) is 0 Å². The highest BCUT2D eigenvalue weighted by molar-refractivity contribution is 5.91. The maximum Gasteiger partial charge on any atom is 0.236 e. The number of rotatable bonds is 4. The summed E-state index contributed by atoms with van der Waals surface area (Å²) in [5, 5.41) is 5.89. The number of anilines is 1. The third-order valence-corrected chi connectivity index (χ3v) is 3.19. The van der Waals surface area contributed by atoms with Crippen LogP contribution >= 0.6 is 0 Å². The van der Waals surface area contributed by atoms with Crippen LogP contribution in [0.1, 0.15) is 6.92 Å². The standard InChI is InChI=1S/C12H18N4O3/c1-7-5-13-6-8(7)11(17)16-12-14-9(18-2)4-10(15-12)19-3/h4,7-8,13H,5-6H2,1-3H3,(H,14,15,16,17)/t7-,8-/m1/s1. The lowest BCUT2D eigenvalue weighted by Gasteiger charge is -2.13. The predicted octanol–water partition coefficient (Wildman–Crippen LogP) is 0.288. The molecule has 1 fully saturated rings. The van der Waals surface area contributed by atoms with Gasteiger partial charge in [-0.05, 0) is 12.5 Å². The Hall–Kier alpha value is -1.89. The van der Waals surface area contributed by atoms with E-state index in [0.717, 1.165) is 6.54 Å². The predicted molar refractivity (Wildman–Crippen MR) is 69.3 cm³/mol. The molecule has 104 valence electrons. The van der Waals surface area contributed by atoms with Crippen molar-refractivity contribution in [3.63, 3.8) is 0 Å². The molecule has 2 atom stereocenters. The van der Waals surface area contributed by atoms with Gasteiger partial charge in [-0.2, -0.15) is 9.97 Å². The molecule has 0 spiro atoms. The topological polar surface area (TPSA) is 85.4 Å². The maximum absolute atomic E-state index is 12.1. The number of carbonyl (C=O) groups excluding carboxylic acids is 1. The monoisotopic (exact) mass is 266 g/mol. The van der Waals surface area contributed by atoms with Crippen molar-refractivity contribution in [3.05, 3.63) is 6.07 Å². The first-order valence-corrected chi connectivity index (χ1v) is 6.12. The molecular formula is C12H18N4O3. The number of hydrogen-bond acceptors (Lipinski definition) is 6. The number of hydrogen-bond donors (Lipinski definition) is 2. The van der Waals surface area contributed by atoms with Crippen molar-refractivity contribution in [1.29, 1.82) is 0 Å². The quantitative estimate of drug-likeness (QED) is 0.814. The molecule has 2 rings (SSSR count). The van der Waals surface area contributed by atoms with Crippen molar-refractivity contribution < 1.29 is 14.3 Å². The summed E-state index contributed by atoms with van der Waals surface area (Å²) in [7, 11) is 2.99. The van der Waals surface area contributed by atoms with Crippen LogP contribution in [0.25, 0.3) is 0 Å². The largest absolute Gasteiger partial charge is 0.481 e. The number of ether oxygens (including phenoxy) is 2.